The first-order chi connectivity index (χ1) is 7.82. The number of para-hydroxylation sites is 1. The van der Waals surface area contributed by atoms with Crippen LogP contribution in [0.25, 0.3) is 0 Å². The van der Waals surface area contributed by atoms with E-state index in [1.807, 2.05) is 0 Å². The standard InChI is InChI=1S/C10H9ClF3NO2/c11-7-3-1-2-6(10(12,13)14)9(7)15-5-4-8(16)17/h1-3,15H,4-5H2,(H,16,17). The second-order valence-electron chi connectivity index (χ2n) is 3.23. The van der Waals surface area contributed by atoms with Crippen LogP contribution >= 0.6 is 11.6 Å². The Kier molecular flexibility index (Phi) is 4.22. The minimum absolute atomic E-state index is 0.0924. The Balaban J connectivity index is 2.92. The van der Waals surface area contributed by atoms with Crippen LogP contribution in [-0.4, -0.2) is 17.6 Å². The van der Waals surface area contributed by atoms with E-state index in [4.69, 9.17) is 16.7 Å². The predicted molar refractivity (Wildman–Crippen MR) is 57.2 cm³/mol. The summed E-state index contributed by atoms with van der Waals surface area (Å²) in [6, 6.07) is 3.38. The summed E-state index contributed by atoms with van der Waals surface area (Å²) in [6.45, 7) is -0.123. The van der Waals surface area contributed by atoms with Crippen molar-refractivity contribution in [3.8, 4) is 0 Å². The van der Waals surface area contributed by atoms with Crippen LogP contribution in [0.3, 0.4) is 0 Å². The van der Waals surface area contributed by atoms with Gasteiger partial charge >= 0.3 is 12.1 Å². The average molecular weight is 268 g/mol. The van der Waals surface area contributed by atoms with Crippen molar-refractivity contribution in [1.82, 2.24) is 0 Å². The lowest BCUT2D eigenvalue weighted by Crippen LogP contribution is -2.13. The van der Waals surface area contributed by atoms with Gasteiger partial charge in [-0.25, -0.2) is 0 Å². The zero-order valence-corrected chi connectivity index (χ0v) is 9.27. The van der Waals surface area contributed by atoms with Gasteiger partial charge in [-0.1, -0.05) is 17.7 Å². The largest absolute Gasteiger partial charge is 0.481 e. The molecule has 2 N–H and O–H groups in total. The van der Waals surface area contributed by atoms with E-state index in [1.54, 1.807) is 0 Å². The van der Waals surface area contributed by atoms with Crippen molar-refractivity contribution in [3.05, 3.63) is 28.8 Å². The topological polar surface area (TPSA) is 49.3 Å². The van der Waals surface area contributed by atoms with Gasteiger partial charge in [0.2, 0.25) is 0 Å². The van der Waals surface area contributed by atoms with Gasteiger partial charge in [0.05, 0.1) is 22.7 Å². The van der Waals surface area contributed by atoms with Crippen LogP contribution in [0.1, 0.15) is 12.0 Å². The number of carbonyl (C=O) groups is 1. The van der Waals surface area contributed by atoms with Crippen molar-refractivity contribution >= 4 is 23.3 Å². The highest BCUT2D eigenvalue weighted by molar-refractivity contribution is 6.33. The van der Waals surface area contributed by atoms with E-state index in [9.17, 15) is 18.0 Å². The molecule has 0 bridgehead atoms. The van der Waals surface area contributed by atoms with Crippen molar-refractivity contribution < 1.29 is 23.1 Å². The van der Waals surface area contributed by atoms with E-state index in [0.717, 1.165) is 6.07 Å². The van der Waals surface area contributed by atoms with Gasteiger partial charge in [0, 0.05) is 6.54 Å². The maximum Gasteiger partial charge on any atom is 0.418 e. The molecule has 0 aliphatic heterocycles. The molecule has 0 heterocycles. The molecule has 1 aromatic carbocycles. The van der Waals surface area contributed by atoms with E-state index in [1.165, 1.54) is 12.1 Å². The van der Waals surface area contributed by atoms with Gasteiger partial charge in [-0.3, -0.25) is 4.79 Å². The molecule has 7 heteroatoms. The van der Waals surface area contributed by atoms with Crippen molar-refractivity contribution in [3.63, 3.8) is 0 Å². The lowest BCUT2D eigenvalue weighted by molar-refractivity contribution is -0.137. The van der Waals surface area contributed by atoms with Crippen molar-refractivity contribution in [2.45, 2.75) is 12.6 Å². The first-order valence-corrected chi connectivity index (χ1v) is 5.01. The minimum atomic E-state index is -4.53. The maximum absolute atomic E-state index is 12.6. The van der Waals surface area contributed by atoms with Crippen LogP contribution in [0.4, 0.5) is 18.9 Å². The molecule has 0 saturated heterocycles. The number of rotatable bonds is 4. The highest BCUT2D eigenvalue weighted by atomic mass is 35.5. The lowest BCUT2D eigenvalue weighted by atomic mass is 10.1. The Labute approximate surface area is 100 Å². The molecule has 0 spiro atoms. The number of halogens is 4. The number of aliphatic carboxylic acids is 1. The Bertz CT molecular complexity index is 421. The fourth-order valence-corrected chi connectivity index (χ4v) is 1.48. The number of hydrogen-bond donors (Lipinski definition) is 2. The zero-order chi connectivity index (χ0) is 13.1. The Morgan fingerprint density at radius 1 is 1.41 bits per heavy atom. The van der Waals surface area contributed by atoms with Crippen LogP contribution in [0.15, 0.2) is 18.2 Å². The van der Waals surface area contributed by atoms with Gasteiger partial charge in [-0.15, -0.1) is 0 Å². The van der Waals surface area contributed by atoms with Gasteiger partial charge in [0.1, 0.15) is 0 Å². The van der Waals surface area contributed by atoms with Gasteiger partial charge in [0.25, 0.3) is 0 Å². The third-order valence-electron chi connectivity index (χ3n) is 1.96. The number of nitrogens with one attached hydrogen (secondary N) is 1. The monoisotopic (exact) mass is 267 g/mol. The Morgan fingerprint density at radius 2 is 2.06 bits per heavy atom. The summed E-state index contributed by atoms with van der Waals surface area (Å²) < 4.78 is 37.8. The molecule has 0 fully saturated rings. The number of carboxylic acid groups (broad SMARTS) is 1. The third kappa shape index (κ3) is 3.81. The summed E-state index contributed by atoms with van der Waals surface area (Å²) in [6.07, 6.45) is -4.82. The van der Waals surface area contributed by atoms with Crippen LogP contribution in [0, 0.1) is 0 Å². The zero-order valence-electron chi connectivity index (χ0n) is 8.51. The highest BCUT2D eigenvalue weighted by Gasteiger charge is 2.34. The van der Waals surface area contributed by atoms with E-state index in [0.29, 0.717) is 0 Å². The molecule has 94 valence electrons. The summed E-state index contributed by atoms with van der Waals surface area (Å²) in [5.41, 5.74) is -1.20. The minimum Gasteiger partial charge on any atom is -0.481 e. The van der Waals surface area contributed by atoms with Crippen molar-refractivity contribution in [2.75, 3.05) is 11.9 Å². The molecular weight excluding hydrogens is 259 g/mol. The molecule has 0 aliphatic rings. The van der Waals surface area contributed by atoms with E-state index < -0.39 is 17.7 Å². The smallest absolute Gasteiger partial charge is 0.418 e. The highest BCUT2D eigenvalue weighted by Crippen LogP contribution is 2.38. The molecule has 0 amide bonds. The van der Waals surface area contributed by atoms with Crippen LogP contribution in [0.5, 0.6) is 0 Å². The Morgan fingerprint density at radius 3 is 2.59 bits per heavy atom. The number of carboxylic acids is 1. The van der Waals surface area contributed by atoms with Crippen molar-refractivity contribution in [1.29, 1.82) is 0 Å². The molecule has 0 saturated carbocycles. The second kappa shape index (κ2) is 5.27. The number of benzene rings is 1. The maximum atomic E-state index is 12.6. The fourth-order valence-electron chi connectivity index (χ4n) is 1.23. The number of alkyl halides is 3. The summed E-state index contributed by atoms with van der Waals surface area (Å²) in [7, 11) is 0. The van der Waals surface area contributed by atoms with Crippen LogP contribution in [0.2, 0.25) is 5.02 Å². The first-order valence-electron chi connectivity index (χ1n) is 4.63. The molecule has 0 unspecified atom stereocenters. The fraction of sp³-hybridized carbons (Fsp3) is 0.300. The molecule has 3 nitrogen and oxygen atoms in total. The molecule has 1 aromatic rings. The molecule has 0 aromatic heterocycles. The molecule has 0 atom stereocenters. The number of hydrogen-bond acceptors (Lipinski definition) is 2. The SMILES string of the molecule is O=C(O)CCNc1c(Cl)cccc1C(F)(F)F. The van der Waals surface area contributed by atoms with Crippen molar-refractivity contribution in [2.24, 2.45) is 0 Å². The van der Waals surface area contributed by atoms with E-state index in [2.05, 4.69) is 5.32 Å². The van der Waals surface area contributed by atoms with E-state index >= 15 is 0 Å². The summed E-state index contributed by atoms with van der Waals surface area (Å²) >= 11 is 5.64. The summed E-state index contributed by atoms with van der Waals surface area (Å²) in [5.74, 6) is -1.10. The van der Waals surface area contributed by atoms with Gasteiger partial charge < -0.3 is 10.4 Å². The Hall–Kier alpha value is -1.43. The van der Waals surface area contributed by atoms with Crippen LogP contribution in [-0.2, 0) is 11.0 Å². The molecule has 17 heavy (non-hydrogen) atoms. The molecule has 0 aliphatic carbocycles. The van der Waals surface area contributed by atoms with Gasteiger partial charge in [-0.05, 0) is 12.1 Å². The summed E-state index contributed by atoms with van der Waals surface area (Å²) in [4.78, 5) is 10.3. The molecule has 1 rings (SSSR count). The van der Waals surface area contributed by atoms with Gasteiger partial charge in [0.15, 0.2) is 0 Å². The van der Waals surface area contributed by atoms with E-state index in [-0.39, 0.29) is 23.7 Å². The lowest BCUT2D eigenvalue weighted by Gasteiger charge is -2.15. The van der Waals surface area contributed by atoms with Crippen LogP contribution < -0.4 is 5.32 Å². The molecule has 0 radical (unpaired) electrons. The second-order valence-corrected chi connectivity index (χ2v) is 3.64. The average Bonchev–Trinajstić information content (AvgIpc) is 2.18. The first kappa shape index (κ1) is 13.6. The third-order valence-corrected chi connectivity index (χ3v) is 2.27. The normalized spacial score (nSPS) is 11.3. The number of anilines is 1. The predicted octanol–water partition coefficient (Wildman–Crippen LogP) is 3.25. The van der Waals surface area contributed by atoms with Gasteiger partial charge in [-0.2, -0.15) is 13.2 Å². The quantitative estimate of drug-likeness (QED) is 0.880. The summed E-state index contributed by atoms with van der Waals surface area (Å²) in [5, 5.41) is 10.7. The molecular formula is C10H9ClF3NO2.